The molecule has 4 heteroatoms. The van der Waals surface area contributed by atoms with Crippen LogP contribution >= 0.6 is 12.4 Å². The molecule has 0 aromatic rings. The van der Waals surface area contributed by atoms with Gasteiger partial charge in [0, 0.05) is 0 Å². The molecule has 2 N–H and O–H groups in total. The van der Waals surface area contributed by atoms with Crippen molar-refractivity contribution in [1.29, 1.82) is 0 Å². The highest BCUT2D eigenvalue weighted by atomic mass is 35.5. The first-order valence-electron chi connectivity index (χ1n) is 5.91. The van der Waals surface area contributed by atoms with Crippen molar-refractivity contribution >= 4 is 18.4 Å². The van der Waals surface area contributed by atoms with Crippen molar-refractivity contribution in [2.75, 3.05) is 0 Å². The molecule has 1 aliphatic rings. The molecule has 0 saturated heterocycles. The minimum Gasteiger partial charge on any atom is -0.461 e. The summed E-state index contributed by atoms with van der Waals surface area (Å²) in [5.41, 5.74) is 4.81. The monoisotopic (exact) mass is 249 g/mol. The Kier molecular flexibility index (Phi) is 6.34. The molecule has 0 bridgehead atoms. The van der Waals surface area contributed by atoms with Crippen molar-refractivity contribution in [2.24, 2.45) is 11.7 Å². The van der Waals surface area contributed by atoms with E-state index >= 15 is 0 Å². The molecule has 0 heterocycles. The zero-order valence-corrected chi connectivity index (χ0v) is 11.3. The lowest BCUT2D eigenvalue weighted by Crippen LogP contribution is -2.45. The Morgan fingerprint density at radius 1 is 1.31 bits per heavy atom. The third-order valence-electron chi connectivity index (χ3n) is 3.13. The number of carbonyl (C=O) groups excluding carboxylic acids is 1. The number of rotatable bonds is 3. The molecule has 96 valence electrons. The van der Waals surface area contributed by atoms with Crippen molar-refractivity contribution in [3.8, 4) is 0 Å². The highest BCUT2D eigenvalue weighted by Gasteiger charge is 2.29. The van der Waals surface area contributed by atoms with Crippen LogP contribution in [0.4, 0.5) is 0 Å². The molecule has 1 unspecified atom stereocenters. The summed E-state index contributed by atoms with van der Waals surface area (Å²) >= 11 is 0. The number of hydrogen-bond acceptors (Lipinski definition) is 3. The number of halogens is 1. The molecule has 0 amide bonds. The van der Waals surface area contributed by atoms with E-state index in [-0.39, 0.29) is 24.5 Å². The van der Waals surface area contributed by atoms with Crippen LogP contribution in [0.25, 0.3) is 0 Å². The molecule has 0 aromatic heterocycles. The van der Waals surface area contributed by atoms with Crippen LogP contribution in [0.15, 0.2) is 0 Å². The highest BCUT2D eigenvalue weighted by molar-refractivity contribution is 5.85. The molecule has 1 saturated carbocycles. The van der Waals surface area contributed by atoms with Crippen LogP contribution in [-0.2, 0) is 9.53 Å². The normalized spacial score (nSPS) is 19.8. The lowest BCUT2D eigenvalue weighted by atomic mass is 9.86. The summed E-state index contributed by atoms with van der Waals surface area (Å²) in [6, 6.07) is 0. The van der Waals surface area contributed by atoms with Gasteiger partial charge in [-0.3, -0.25) is 4.79 Å². The van der Waals surface area contributed by atoms with E-state index in [9.17, 15) is 4.79 Å². The highest BCUT2D eigenvalue weighted by Crippen LogP contribution is 2.28. The molecular formula is C12H24ClNO2. The lowest BCUT2D eigenvalue weighted by Gasteiger charge is -2.29. The summed E-state index contributed by atoms with van der Waals surface area (Å²) in [5.74, 6) is 0.241. The fourth-order valence-electron chi connectivity index (χ4n) is 2.02. The molecule has 1 fully saturated rings. The average molecular weight is 250 g/mol. The molecule has 0 spiro atoms. The molecule has 16 heavy (non-hydrogen) atoms. The Hall–Kier alpha value is -0.280. The van der Waals surface area contributed by atoms with Gasteiger partial charge in [-0.2, -0.15) is 0 Å². The first kappa shape index (κ1) is 15.7. The van der Waals surface area contributed by atoms with Gasteiger partial charge in [-0.25, -0.2) is 0 Å². The van der Waals surface area contributed by atoms with Gasteiger partial charge in [0.2, 0.25) is 0 Å². The van der Waals surface area contributed by atoms with E-state index in [1.54, 1.807) is 13.8 Å². The fourth-order valence-corrected chi connectivity index (χ4v) is 2.02. The number of ether oxygens (including phenoxy) is 1. The van der Waals surface area contributed by atoms with Crippen LogP contribution < -0.4 is 5.73 Å². The third kappa shape index (κ3) is 4.71. The number of esters is 1. The van der Waals surface area contributed by atoms with Crippen molar-refractivity contribution in [3.05, 3.63) is 0 Å². The van der Waals surface area contributed by atoms with E-state index in [0.29, 0.717) is 5.92 Å². The van der Waals surface area contributed by atoms with Crippen LogP contribution in [-0.4, -0.2) is 17.6 Å². The van der Waals surface area contributed by atoms with Gasteiger partial charge in [0.25, 0.3) is 0 Å². The molecule has 1 rings (SSSR count). The predicted molar refractivity (Wildman–Crippen MR) is 67.6 cm³/mol. The maximum atomic E-state index is 11.6. The minimum absolute atomic E-state index is 0. The molecule has 1 aliphatic carbocycles. The number of nitrogens with two attached hydrogens (primary N) is 1. The van der Waals surface area contributed by atoms with E-state index in [0.717, 1.165) is 0 Å². The van der Waals surface area contributed by atoms with Gasteiger partial charge in [-0.05, 0) is 39.5 Å². The summed E-state index contributed by atoms with van der Waals surface area (Å²) < 4.78 is 5.39. The summed E-state index contributed by atoms with van der Waals surface area (Å²) in [6.45, 7) is 5.35. The van der Waals surface area contributed by atoms with Gasteiger partial charge in [-0.15, -0.1) is 12.4 Å². The minimum atomic E-state index is -0.872. The van der Waals surface area contributed by atoms with Crippen molar-refractivity contribution < 1.29 is 9.53 Å². The van der Waals surface area contributed by atoms with Gasteiger partial charge < -0.3 is 10.5 Å². The molecule has 3 nitrogen and oxygen atoms in total. The molecule has 0 aromatic carbocycles. The lowest BCUT2D eigenvalue weighted by molar-refractivity contribution is -0.156. The van der Waals surface area contributed by atoms with Crippen molar-refractivity contribution in [3.63, 3.8) is 0 Å². The SMILES string of the molecule is CC(OC(=O)C(C)(C)N)C1CCCCC1.Cl. The largest absolute Gasteiger partial charge is 0.461 e. The third-order valence-corrected chi connectivity index (χ3v) is 3.13. The van der Waals surface area contributed by atoms with Gasteiger partial charge in [0.15, 0.2) is 0 Å². The first-order valence-corrected chi connectivity index (χ1v) is 5.91. The predicted octanol–water partition coefficient (Wildman–Crippen LogP) is 2.66. The maximum absolute atomic E-state index is 11.6. The Labute approximate surface area is 105 Å². The second-order valence-corrected chi connectivity index (χ2v) is 5.23. The first-order chi connectivity index (χ1) is 6.91. The van der Waals surface area contributed by atoms with Gasteiger partial charge >= 0.3 is 5.97 Å². The standard InChI is InChI=1S/C12H23NO2.ClH/c1-9(10-7-5-4-6-8-10)15-11(14)12(2,3)13;/h9-10H,4-8,13H2,1-3H3;1H. The summed E-state index contributed by atoms with van der Waals surface area (Å²) in [4.78, 5) is 11.6. The van der Waals surface area contributed by atoms with E-state index < -0.39 is 5.54 Å². The number of hydrogen-bond donors (Lipinski definition) is 1. The van der Waals surface area contributed by atoms with Crippen molar-refractivity contribution in [1.82, 2.24) is 0 Å². The second kappa shape index (κ2) is 6.45. The van der Waals surface area contributed by atoms with Crippen LogP contribution in [0.5, 0.6) is 0 Å². The number of carbonyl (C=O) groups is 1. The molecule has 0 radical (unpaired) electrons. The van der Waals surface area contributed by atoms with Crippen LogP contribution in [0.2, 0.25) is 0 Å². The zero-order valence-electron chi connectivity index (χ0n) is 10.5. The maximum Gasteiger partial charge on any atom is 0.325 e. The van der Waals surface area contributed by atoms with Gasteiger partial charge in [0.1, 0.15) is 11.6 Å². The molecule has 1 atom stereocenters. The Balaban J connectivity index is 0.00000225. The summed E-state index contributed by atoms with van der Waals surface area (Å²) in [7, 11) is 0. The van der Waals surface area contributed by atoms with Crippen LogP contribution in [0.3, 0.4) is 0 Å². The fraction of sp³-hybridized carbons (Fsp3) is 0.917. The van der Waals surface area contributed by atoms with Crippen LogP contribution in [0, 0.1) is 5.92 Å². The second-order valence-electron chi connectivity index (χ2n) is 5.23. The van der Waals surface area contributed by atoms with E-state index in [2.05, 4.69) is 0 Å². The average Bonchev–Trinajstić information content (AvgIpc) is 2.17. The smallest absolute Gasteiger partial charge is 0.325 e. The van der Waals surface area contributed by atoms with Crippen molar-refractivity contribution in [2.45, 2.75) is 64.5 Å². The Morgan fingerprint density at radius 3 is 2.25 bits per heavy atom. The Bertz CT molecular complexity index is 220. The van der Waals surface area contributed by atoms with Gasteiger partial charge in [-0.1, -0.05) is 19.3 Å². The summed E-state index contributed by atoms with van der Waals surface area (Å²) in [5, 5.41) is 0. The molecular weight excluding hydrogens is 226 g/mol. The van der Waals surface area contributed by atoms with E-state index in [1.165, 1.54) is 32.1 Å². The Morgan fingerprint density at radius 2 is 1.81 bits per heavy atom. The topological polar surface area (TPSA) is 52.3 Å². The summed E-state index contributed by atoms with van der Waals surface area (Å²) in [6.07, 6.45) is 6.22. The quantitative estimate of drug-likeness (QED) is 0.783. The van der Waals surface area contributed by atoms with E-state index in [1.807, 2.05) is 6.92 Å². The zero-order chi connectivity index (χ0) is 11.5. The van der Waals surface area contributed by atoms with Gasteiger partial charge in [0.05, 0.1) is 0 Å². The van der Waals surface area contributed by atoms with E-state index in [4.69, 9.17) is 10.5 Å². The van der Waals surface area contributed by atoms with Crippen LogP contribution in [0.1, 0.15) is 52.9 Å². The molecule has 0 aliphatic heterocycles.